The van der Waals surface area contributed by atoms with Gasteiger partial charge in [0.05, 0.1) is 12.3 Å². The number of anilines is 3. The van der Waals surface area contributed by atoms with E-state index in [1.165, 1.54) is 0 Å². The van der Waals surface area contributed by atoms with Gasteiger partial charge in [-0.2, -0.15) is 13.2 Å². The molecular weight excluding hydrogens is 463 g/mol. The third-order valence-electron chi connectivity index (χ3n) is 6.16. The van der Waals surface area contributed by atoms with Gasteiger partial charge in [0.2, 0.25) is 11.8 Å². The van der Waals surface area contributed by atoms with E-state index in [-0.39, 0.29) is 25.8 Å². The van der Waals surface area contributed by atoms with Crippen molar-refractivity contribution >= 4 is 34.9 Å². The molecule has 186 valence electrons. The van der Waals surface area contributed by atoms with Crippen molar-refractivity contribution in [2.24, 2.45) is 5.92 Å². The molecule has 2 aliphatic rings. The lowest BCUT2D eigenvalue weighted by Crippen LogP contribution is -2.57. The van der Waals surface area contributed by atoms with Crippen LogP contribution in [0.4, 0.5) is 35.0 Å². The smallest absolute Gasteiger partial charge is 0.372 e. The molecule has 0 saturated carbocycles. The number of carbonyl (C=O) groups excluding carboxylic acids is 3. The molecule has 2 aromatic rings. The zero-order valence-corrected chi connectivity index (χ0v) is 18.8. The minimum absolute atomic E-state index is 0.106. The van der Waals surface area contributed by atoms with Crippen molar-refractivity contribution in [3.8, 4) is 0 Å². The molecule has 11 heteroatoms. The number of halogens is 3. The largest absolute Gasteiger partial charge is 0.391 e. The summed E-state index contributed by atoms with van der Waals surface area (Å²) in [6, 6.07) is 13.4. The molecule has 2 fully saturated rings. The summed E-state index contributed by atoms with van der Waals surface area (Å²) in [6.07, 6.45) is -4.00. The van der Waals surface area contributed by atoms with Crippen LogP contribution < -0.4 is 26.2 Å². The van der Waals surface area contributed by atoms with Gasteiger partial charge < -0.3 is 20.9 Å². The monoisotopic (exact) mass is 489 g/mol. The highest BCUT2D eigenvalue weighted by Gasteiger charge is 2.41. The Morgan fingerprint density at radius 3 is 2.14 bits per heavy atom. The van der Waals surface area contributed by atoms with Crippen molar-refractivity contribution < 1.29 is 27.6 Å². The van der Waals surface area contributed by atoms with Crippen molar-refractivity contribution in [2.45, 2.75) is 38.0 Å². The van der Waals surface area contributed by atoms with Gasteiger partial charge in [0.25, 0.3) is 0 Å². The number of carbonyl (C=O) groups is 3. The first-order chi connectivity index (χ1) is 16.7. The molecule has 0 aliphatic carbocycles. The Morgan fingerprint density at radius 2 is 1.57 bits per heavy atom. The van der Waals surface area contributed by atoms with Gasteiger partial charge in [-0.25, -0.2) is 4.79 Å². The van der Waals surface area contributed by atoms with Gasteiger partial charge in [-0.3, -0.25) is 14.9 Å². The molecule has 0 radical (unpaired) electrons. The Kier molecular flexibility index (Phi) is 7.13. The van der Waals surface area contributed by atoms with Crippen LogP contribution in [0.3, 0.4) is 0 Å². The number of imide groups is 1. The molecule has 2 heterocycles. The first-order valence-corrected chi connectivity index (χ1v) is 11.3. The molecule has 2 aromatic carbocycles. The van der Waals surface area contributed by atoms with Crippen LogP contribution in [0.15, 0.2) is 48.5 Å². The average molecular weight is 489 g/mol. The third-order valence-corrected chi connectivity index (χ3v) is 6.16. The minimum Gasteiger partial charge on any atom is -0.372 e. The van der Waals surface area contributed by atoms with Gasteiger partial charge in [-0.15, -0.1) is 0 Å². The second-order valence-electron chi connectivity index (χ2n) is 8.67. The van der Waals surface area contributed by atoms with Crippen molar-refractivity contribution in [3.05, 3.63) is 54.1 Å². The highest BCUT2D eigenvalue weighted by Crippen LogP contribution is 2.35. The van der Waals surface area contributed by atoms with Crippen LogP contribution in [0.2, 0.25) is 0 Å². The van der Waals surface area contributed by atoms with Crippen LogP contribution in [-0.4, -0.2) is 43.2 Å². The molecule has 0 spiro atoms. The van der Waals surface area contributed by atoms with Crippen molar-refractivity contribution in [3.63, 3.8) is 0 Å². The lowest BCUT2D eigenvalue weighted by Gasteiger charge is -2.34. The Labute approximate surface area is 200 Å². The van der Waals surface area contributed by atoms with Gasteiger partial charge in [-0.05, 0) is 54.8 Å². The maximum atomic E-state index is 12.9. The summed E-state index contributed by atoms with van der Waals surface area (Å²) in [4.78, 5) is 36.9. The van der Waals surface area contributed by atoms with E-state index >= 15 is 0 Å². The number of urea groups is 1. The van der Waals surface area contributed by atoms with E-state index in [9.17, 15) is 27.6 Å². The normalized spacial score (nSPS) is 19.1. The fourth-order valence-corrected chi connectivity index (χ4v) is 4.17. The Morgan fingerprint density at radius 1 is 0.971 bits per heavy atom. The Hall–Kier alpha value is -3.76. The number of rotatable bonds is 6. The second kappa shape index (κ2) is 10.2. The Bertz CT molecular complexity index is 1050. The molecule has 0 aromatic heterocycles. The molecule has 1 atom stereocenters. The summed E-state index contributed by atoms with van der Waals surface area (Å²) < 4.78 is 38.6. The van der Waals surface area contributed by atoms with E-state index in [2.05, 4.69) is 21.3 Å². The fraction of sp³-hybridized carbons (Fsp3) is 0.375. The van der Waals surface area contributed by atoms with E-state index in [0.717, 1.165) is 22.6 Å². The molecule has 8 nitrogen and oxygen atoms in total. The van der Waals surface area contributed by atoms with Gasteiger partial charge in [0.1, 0.15) is 6.04 Å². The van der Waals surface area contributed by atoms with E-state index in [1.807, 2.05) is 53.4 Å². The Balaban J connectivity index is 1.25. The van der Waals surface area contributed by atoms with Gasteiger partial charge in [0, 0.05) is 36.7 Å². The highest BCUT2D eigenvalue weighted by atomic mass is 19.4. The van der Waals surface area contributed by atoms with Crippen LogP contribution in [0.25, 0.3) is 0 Å². The maximum absolute atomic E-state index is 12.9. The molecule has 4 amide bonds. The second-order valence-corrected chi connectivity index (χ2v) is 8.67. The van der Waals surface area contributed by atoms with Crippen molar-refractivity contribution in [1.82, 2.24) is 16.0 Å². The summed E-state index contributed by atoms with van der Waals surface area (Å²) in [7, 11) is 0. The number of benzene rings is 2. The van der Waals surface area contributed by atoms with E-state index in [4.69, 9.17) is 0 Å². The molecule has 2 saturated heterocycles. The summed E-state index contributed by atoms with van der Waals surface area (Å²) in [5.74, 6) is -2.15. The SMILES string of the molecule is O=C1CC(C(=O)NCc2ccc(Nc3ccc(N4CCC(C(F)(F)F)CC4)cc3)cc2)NC(=O)N1. The fourth-order valence-electron chi connectivity index (χ4n) is 4.17. The topological polar surface area (TPSA) is 103 Å². The first kappa shape index (κ1) is 24.4. The summed E-state index contributed by atoms with van der Waals surface area (Å²) in [6.45, 7) is 1.01. The van der Waals surface area contributed by atoms with E-state index in [1.54, 1.807) is 0 Å². The lowest BCUT2D eigenvalue weighted by molar-refractivity contribution is -0.179. The maximum Gasteiger partial charge on any atom is 0.391 e. The molecular formula is C24H26F3N5O3. The zero-order valence-electron chi connectivity index (χ0n) is 18.8. The highest BCUT2D eigenvalue weighted by molar-refractivity contribution is 6.02. The molecule has 35 heavy (non-hydrogen) atoms. The van der Waals surface area contributed by atoms with E-state index in [0.29, 0.717) is 13.1 Å². The third kappa shape index (κ3) is 6.43. The predicted octanol–water partition coefficient (Wildman–Crippen LogP) is 3.42. The number of amides is 4. The zero-order chi connectivity index (χ0) is 25.0. The van der Waals surface area contributed by atoms with Crippen LogP contribution in [0, 0.1) is 5.92 Å². The minimum atomic E-state index is -4.12. The van der Waals surface area contributed by atoms with E-state index < -0.39 is 36.0 Å². The van der Waals surface area contributed by atoms with Crippen LogP contribution >= 0.6 is 0 Å². The number of piperidine rings is 1. The molecule has 1 unspecified atom stereocenters. The van der Waals surface area contributed by atoms with Crippen LogP contribution in [0.1, 0.15) is 24.8 Å². The van der Waals surface area contributed by atoms with Crippen molar-refractivity contribution in [1.29, 1.82) is 0 Å². The van der Waals surface area contributed by atoms with Crippen LogP contribution in [0.5, 0.6) is 0 Å². The molecule has 4 rings (SSSR count). The quantitative estimate of drug-likeness (QED) is 0.498. The average Bonchev–Trinajstić information content (AvgIpc) is 2.83. The molecule has 2 aliphatic heterocycles. The standard InChI is InChI=1S/C24H26F3N5O3/c25-24(26,27)16-9-11-32(12-10-16)19-7-5-18(6-8-19)29-17-3-1-15(2-4-17)14-28-22(34)20-13-21(33)31-23(35)30-20/h1-8,16,20,29H,9-14H2,(H,28,34)(H2,30,31,33,35). The first-order valence-electron chi connectivity index (χ1n) is 11.3. The van der Waals surface area contributed by atoms with Gasteiger partial charge >= 0.3 is 12.2 Å². The van der Waals surface area contributed by atoms with Gasteiger partial charge in [0.15, 0.2) is 0 Å². The number of alkyl halides is 3. The number of hydrogen-bond donors (Lipinski definition) is 4. The summed E-state index contributed by atoms with van der Waals surface area (Å²) in [5, 5.41) is 10.5. The number of hydrogen-bond acceptors (Lipinski definition) is 5. The van der Waals surface area contributed by atoms with Crippen LogP contribution in [-0.2, 0) is 16.1 Å². The molecule has 0 bridgehead atoms. The summed E-state index contributed by atoms with van der Waals surface area (Å²) >= 11 is 0. The predicted molar refractivity (Wildman–Crippen MR) is 124 cm³/mol. The number of nitrogens with one attached hydrogen (secondary N) is 4. The summed E-state index contributed by atoms with van der Waals surface area (Å²) in [5.41, 5.74) is 3.41. The molecule has 4 N–H and O–H groups in total. The lowest BCUT2D eigenvalue weighted by atomic mass is 9.96. The van der Waals surface area contributed by atoms with Crippen molar-refractivity contribution in [2.75, 3.05) is 23.3 Å². The van der Waals surface area contributed by atoms with Gasteiger partial charge in [-0.1, -0.05) is 12.1 Å². The number of nitrogens with zero attached hydrogens (tertiary/aromatic N) is 1.